The van der Waals surface area contributed by atoms with Gasteiger partial charge in [0.1, 0.15) is 0 Å². The van der Waals surface area contributed by atoms with Crippen molar-refractivity contribution in [2.45, 2.75) is 117 Å². The molecule has 0 rings (SSSR count). The zero-order valence-corrected chi connectivity index (χ0v) is 18.9. The predicted molar refractivity (Wildman–Crippen MR) is 120 cm³/mol. The maximum absolute atomic E-state index is 3.43. The Bertz CT molecular complexity index is 318. The van der Waals surface area contributed by atoms with E-state index in [9.17, 15) is 0 Å². The van der Waals surface area contributed by atoms with Gasteiger partial charge in [0.2, 0.25) is 0 Å². The Morgan fingerprint density at radius 1 is 0.583 bits per heavy atom. The summed E-state index contributed by atoms with van der Waals surface area (Å²) in [4.78, 5) is 0. The monoisotopic (exact) mass is 368 g/mol. The van der Waals surface area contributed by atoms with Crippen LogP contribution in [-0.2, 0) is 0 Å². The van der Waals surface area contributed by atoms with Crippen LogP contribution in [-0.4, -0.2) is 0 Å². The summed E-state index contributed by atoms with van der Waals surface area (Å²) in [6.45, 7) is 4.56. The predicted octanol–water partition coefficient (Wildman–Crippen LogP) is 7.93. The summed E-state index contributed by atoms with van der Waals surface area (Å²) in [6.07, 6.45) is 21.6. The van der Waals surface area contributed by atoms with Gasteiger partial charge in [-0.25, -0.2) is 0 Å². The van der Waals surface area contributed by atoms with E-state index in [0.29, 0.717) is 0 Å². The summed E-state index contributed by atoms with van der Waals surface area (Å²) < 4.78 is 0. The molecule has 0 fully saturated rings. The number of rotatable bonds is 15. The minimum absolute atomic E-state index is 0.200. The summed E-state index contributed by atoms with van der Waals surface area (Å²) in [7, 11) is 0.660. The van der Waals surface area contributed by atoms with Gasteiger partial charge >= 0.3 is 156 Å². The number of unbranched alkanes of at least 4 members (excludes halogenated alkanes) is 14. The first-order valence-corrected chi connectivity index (χ1v) is 14.6. The van der Waals surface area contributed by atoms with Crippen molar-refractivity contribution >= 4 is 16.5 Å². The molecule has 0 aliphatic heterocycles. The molecule has 0 amide bonds. The van der Waals surface area contributed by atoms with Gasteiger partial charge in [-0.05, 0) is 0 Å². The molecule has 0 nitrogen and oxygen atoms in total. The molecule has 0 bridgehead atoms. The molecule has 0 radical (unpaired) electrons. The Morgan fingerprint density at radius 3 is 1.58 bits per heavy atom. The van der Waals surface area contributed by atoms with Gasteiger partial charge in [0.15, 0.2) is 0 Å². The van der Waals surface area contributed by atoms with Gasteiger partial charge in [0, 0.05) is 0 Å². The Kier molecular flexibility index (Phi) is 23.0. The van der Waals surface area contributed by atoms with E-state index in [-0.39, 0.29) is 8.27 Å². The topological polar surface area (TPSA) is 0 Å². The molecule has 140 valence electrons. The molecule has 0 aliphatic carbocycles. The fourth-order valence-electron chi connectivity index (χ4n) is 2.71. The average molecular weight is 369 g/mol. The van der Waals surface area contributed by atoms with Crippen LogP contribution in [0.15, 0.2) is 0 Å². The SMILES string of the molecule is CCCCCCCCCC#CP[PH3]C#CCCCCCCCCC. The first-order chi connectivity index (χ1) is 11.9. The van der Waals surface area contributed by atoms with Crippen LogP contribution in [0.25, 0.3) is 0 Å². The van der Waals surface area contributed by atoms with E-state index in [1.165, 1.54) is 89.9 Å². The summed E-state index contributed by atoms with van der Waals surface area (Å²) in [6, 6.07) is 0. The second kappa shape index (κ2) is 23.0. The third kappa shape index (κ3) is 22.0. The molecular weight excluding hydrogens is 326 g/mol. The zero-order chi connectivity index (χ0) is 17.6. The summed E-state index contributed by atoms with van der Waals surface area (Å²) in [5.41, 5.74) is 6.79. The molecule has 0 heterocycles. The fraction of sp³-hybridized carbons (Fsp3) is 0.818. The molecule has 1 atom stereocenters. The molecule has 0 aromatic carbocycles. The van der Waals surface area contributed by atoms with Crippen molar-refractivity contribution < 1.29 is 0 Å². The van der Waals surface area contributed by atoms with Crippen LogP contribution < -0.4 is 0 Å². The Balaban J connectivity index is 3.21. The Hall–Kier alpha value is -0.0200. The molecule has 0 aromatic heterocycles. The van der Waals surface area contributed by atoms with Crippen molar-refractivity contribution in [1.82, 2.24) is 0 Å². The second-order valence-electron chi connectivity index (χ2n) is 6.75. The van der Waals surface area contributed by atoms with Crippen molar-refractivity contribution in [2.75, 3.05) is 0 Å². The molecule has 0 aromatic rings. The van der Waals surface area contributed by atoms with E-state index >= 15 is 0 Å². The van der Waals surface area contributed by atoms with Crippen molar-refractivity contribution in [2.24, 2.45) is 0 Å². The van der Waals surface area contributed by atoms with E-state index in [1.54, 1.807) is 0 Å². The third-order valence-corrected chi connectivity index (χ3v) is 6.84. The van der Waals surface area contributed by atoms with Crippen LogP contribution >= 0.6 is 16.5 Å². The van der Waals surface area contributed by atoms with Gasteiger partial charge in [0.25, 0.3) is 0 Å². The van der Waals surface area contributed by atoms with Gasteiger partial charge in [-0.15, -0.1) is 0 Å². The van der Waals surface area contributed by atoms with E-state index in [4.69, 9.17) is 0 Å². The van der Waals surface area contributed by atoms with Gasteiger partial charge in [-0.2, -0.15) is 0 Å². The fourth-order valence-corrected chi connectivity index (χ4v) is 4.71. The molecule has 24 heavy (non-hydrogen) atoms. The van der Waals surface area contributed by atoms with Gasteiger partial charge in [-0.1, -0.05) is 0 Å². The van der Waals surface area contributed by atoms with Gasteiger partial charge in [0.05, 0.1) is 0 Å². The van der Waals surface area contributed by atoms with Crippen molar-refractivity contribution in [3.63, 3.8) is 0 Å². The maximum atomic E-state index is 3.43. The summed E-state index contributed by atoms with van der Waals surface area (Å²) in [5, 5.41) is 0. The zero-order valence-electron chi connectivity index (χ0n) is 16.5. The van der Waals surface area contributed by atoms with E-state index < -0.39 is 0 Å². The van der Waals surface area contributed by atoms with E-state index in [2.05, 4.69) is 37.0 Å². The van der Waals surface area contributed by atoms with Gasteiger partial charge in [-0.3, -0.25) is 0 Å². The van der Waals surface area contributed by atoms with Crippen LogP contribution in [0, 0.1) is 23.2 Å². The normalized spacial score (nSPS) is 10.6. The first kappa shape index (κ1) is 24.0. The molecule has 0 N–H and O–H groups in total. The Morgan fingerprint density at radius 2 is 1.04 bits per heavy atom. The van der Waals surface area contributed by atoms with E-state index in [0.717, 1.165) is 21.1 Å². The van der Waals surface area contributed by atoms with Crippen molar-refractivity contribution in [1.29, 1.82) is 0 Å². The standard InChI is InChI=1S/C22H42P2/c1-3-5-7-9-11-13-15-17-19-21-23-24-22-20-18-16-14-12-10-8-6-4-2/h23H,3-18H2,1-2,24H3. The quantitative estimate of drug-likeness (QED) is 0.156. The van der Waals surface area contributed by atoms with Crippen LogP contribution in [0.1, 0.15) is 117 Å². The van der Waals surface area contributed by atoms with Gasteiger partial charge < -0.3 is 0 Å². The van der Waals surface area contributed by atoms with E-state index in [1.807, 2.05) is 0 Å². The molecule has 0 saturated heterocycles. The Labute approximate surface area is 156 Å². The van der Waals surface area contributed by atoms with Crippen LogP contribution in [0.5, 0.6) is 0 Å². The average Bonchev–Trinajstić information content (AvgIpc) is 2.60. The summed E-state index contributed by atoms with van der Waals surface area (Å²) in [5.74, 6) is 6.73. The van der Waals surface area contributed by atoms with Crippen molar-refractivity contribution in [3.8, 4) is 23.2 Å². The summed E-state index contributed by atoms with van der Waals surface area (Å²) >= 11 is 0. The third-order valence-electron chi connectivity index (χ3n) is 4.29. The minimum atomic E-state index is -0.200. The molecule has 0 spiro atoms. The number of hydrogen-bond donors (Lipinski definition) is 0. The molecule has 0 aliphatic rings. The van der Waals surface area contributed by atoms with Crippen LogP contribution in [0.3, 0.4) is 0 Å². The molecule has 2 heteroatoms. The molecule has 0 saturated carbocycles. The van der Waals surface area contributed by atoms with Crippen LogP contribution in [0.4, 0.5) is 0 Å². The van der Waals surface area contributed by atoms with Crippen molar-refractivity contribution in [3.05, 3.63) is 0 Å². The second-order valence-corrected chi connectivity index (χ2v) is 10.2. The molecule has 1 unspecified atom stereocenters. The molecular formula is C22H42P2. The van der Waals surface area contributed by atoms with Crippen LogP contribution in [0.2, 0.25) is 0 Å². The number of hydrogen-bond acceptors (Lipinski definition) is 0. The first-order valence-electron chi connectivity index (χ1n) is 10.6.